The number of ether oxygens (including phenoxy) is 1. The van der Waals surface area contributed by atoms with Crippen LogP contribution in [0.3, 0.4) is 0 Å². The summed E-state index contributed by atoms with van der Waals surface area (Å²) in [4.78, 5) is 15.5. The first-order valence-electron chi connectivity index (χ1n) is 14.3. The first-order chi connectivity index (χ1) is 19.6. The van der Waals surface area contributed by atoms with Crippen LogP contribution in [-0.2, 0) is 21.9 Å². The number of halogens is 1. The van der Waals surface area contributed by atoms with E-state index in [1.54, 1.807) is 31.2 Å². The number of allylic oxidation sites excluding steroid dienone is 1. The van der Waals surface area contributed by atoms with Crippen LogP contribution in [0.5, 0.6) is 5.75 Å². The largest absolute Gasteiger partial charge is 0.490 e. The van der Waals surface area contributed by atoms with Crippen LogP contribution < -0.4 is 14.4 Å². The van der Waals surface area contributed by atoms with Crippen molar-refractivity contribution in [2.24, 2.45) is 11.8 Å². The van der Waals surface area contributed by atoms with Crippen molar-refractivity contribution < 1.29 is 23.1 Å². The molecule has 2 aromatic rings. The van der Waals surface area contributed by atoms with Gasteiger partial charge in [0.05, 0.1) is 23.6 Å². The summed E-state index contributed by atoms with van der Waals surface area (Å²) in [5.74, 6) is 0.347. The Hall–Kier alpha value is -2.81. The maximum atomic E-state index is 13.2. The number of fused-ring (bicyclic) bond motifs is 3. The minimum absolute atomic E-state index is 0.122. The van der Waals surface area contributed by atoms with Gasteiger partial charge >= 0.3 is 0 Å². The Morgan fingerprint density at radius 3 is 2.78 bits per heavy atom. The topological polar surface area (TPSA) is 95.9 Å². The van der Waals surface area contributed by atoms with Gasteiger partial charge in [-0.3, -0.25) is 4.79 Å². The Balaban J connectivity index is 1.50. The SMILES string of the molecule is C=CCC(C)S(=O)(=O)NC(=O)c1ccc2c(c1)N(C[C@@H]1CC[C@H]1C(O)C=C)C[C@@]1(CCCc3cc(Cl)ccc31)CO2. The van der Waals surface area contributed by atoms with Gasteiger partial charge in [0.1, 0.15) is 5.75 Å². The zero-order valence-corrected chi connectivity index (χ0v) is 25.1. The van der Waals surface area contributed by atoms with Crippen molar-refractivity contribution in [1.82, 2.24) is 4.72 Å². The Kier molecular flexibility index (Phi) is 8.56. The van der Waals surface area contributed by atoms with Gasteiger partial charge in [0, 0.05) is 29.1 Å². The monoisotopic (exact) mass is 598 g/mol. The highest BCUT2D eigenvalue weighted by Gasteiger charge is 2.44. The van der Waals surface area contributed by atoms with E-state index in [1.165, 1.54) is 17.2 Å². The summed E-state index contributed by atoms with van der Waals surface area (Å²) in [6, 6.07) is 11.2. The zero-order valence-electron chi connectivity index (χ0n) is 23.5. The van der Waals surface area contributed by atoms with Crippen LogP contribution in [0.25, 0.3) is 0 Å². The number of nitrogens with zero attached hydrogens (tertiary/aromatic N) is 1. The average Bonchev–Trinajstić information content (AvgIpc) is 3.07. The van der Waals surface area contributed by atoms with E-state index in [1.807, 2.05) is 6.07 Å². The predicted molar refractivity (Wildman–Crippen MR) is 163 cm³/mol. The molecule has 5 atom stereocenters. The molecule has 1 aliphatic heterocycles. The third-order valence-electron chi connectivity index (χ3n) is 9.17. The fourth-order valence-electron chi connectivity index (χ4n) is 6.63. The van der Waals surface area contributed by atoms with E-state index in [4.69, 9.17) is 16.3 Å². The van der Waals surface area contributed by atoms with Crippen LogP contribution in [-0.4, -0.2) is 50.5 Å². The van der Waals surface area contributed by atoms with Crippen molar-refractivity contribution in [1.29, 1.82) is 0 Å². The number of nitrogens with one attached hydrogen (secondary N) is 1. The van der Waals surface area contributed by atoms with Crippen LogP contribution >= 0.6 is 11.6 Å². The molecule has 0 saturated heterocycles. The normalized spacial score (nSPS) is 25.0. The Bertz CT molecular complexity index is 1440. The van der Waals surface area contributed by atoms with Crippen molar-refractivity contribution in [2.45, 2.75) is 62.2 Å². The van der Waals surface area contributed by atoms with Crippen LogP contribution in [0, 0.1) is 11.8 Å². The number of hydrogen-bond acceptors (Lipinski definition) is 6. The van der Waals surface area contributed by atoms with Crippen LogP contribution in [0.2, 0.25) is 5.02 Å². The highest BCUT2D eigenvalue weighted by atomic mass is 35.5. The van der Waals surface area contributed by atoms with Gasteiger partial charge in [-0.05, 0) is 98.7 Å². The van der Waals surface area contributed by atoms with Gasteiger partial charge in [0.2, 0.25) is 10.0 Å². The number of aliphatic hydroxyl groups excluding tert-OH is 1. The molecule has 1 heterocycles. The lowest BCUT2D eigenvalue weighted by Gasteiger charge is -2.45. The van der Waals surface area contributed by atoms with Crippen molar-refractivity contribution in [3.8, 4) is 5.75 Å². The number of benzene rings is 2. The summed E-state index contributed by atoms with van der Waals surface area (Å²) >= 11 is 6.36. The molecule has 7 nitrogen and oxygen atoms in total. The van der Waals surface area contributed by atoms with Gasteiger partial charge in [0.25, 0.3) is 5.91 Å². The maximum Gasteiger partial charge on any atom is 0.264 e. The molecule has 9 heteroatoms. The molecule has 3 aliphatic rings. The smallest absolute Gasteiger partial charge is 0.264 e. The summed E-state index contributed by atoms with van der Waals surface area (Å²) in [5, 5.41) is 10.5. The molecule has 1 amide bonds. The van der Waals surface area contributed by atoms with Crippen molar-refractivity contribution in [2.75, 3.05) is 24.6 Å². The van der Waals surface area contributed by atoms with Gasteiger partial charge in [-0.15, -0.1) is 13.2 Å². The molecular formula is C32H39ClN2O5S. The molecule has 1 spiro atoms. The molecule has 0 bridgehead atoms. The van der Waals surface area contributed by atoms with Crippen molar-refractivity contribution >= 4 is 33.2 Å². The van der Waals surface area contributed by atoms with Gasteiger partial charge in [-0.25, -0.2) is 13.1 Å². The van der Waals surface area contributed by atoms with E-state index in [9.17, 15) is 18.3 Å². The standard InChI is InChI=1S/C32H39ClN2O5S/c1-4-7-21(3)41(38,39)34-31(37)23-10-14-30-28(17-23)35(18-24-9-12-26(24)29(36)5-2)19-32(20-40-30)15-6-8-22-16-25(33)11-13-27(22)32/h4-5,10-11,13-14,16-17,21,24,26,29,36H,1-2,6-9,12,15,18-20H2,3H3,(H,34,37)/t21?,24-,26+,29?,32-/m0/s1. The zero-order chi connectivity index (χ0) is 29.4. The Morgan fingerprint density at radius 2 is 2.07 bits per heavy atom. The fourth-order valence-corrected chi connectivity index (χ4v) is 7.80. The lowest BCUT2D eigenvalue weighted by molar-refractivity contribution is 0.0460. The molecular weight excluding hydrogens is 560 g/mol. The minimum atomic E-state index is -3.87. The second kappa shape index (κ2) is 11.8. The van der Waals surface area contributed by atoms with Crippen LogP contribution in [0.4, 0.5) is 5.69 Å². The highest BCUT2D eigenvalue weighted by molar-refractivity contribution is 7.90. The summed E-state index contributed by atoms with van der Waals surface area (Å²) in [7, 11) is -3.87. The number of carbonyl (C=O) groups excluding carboxylic acids is 1. The van der Waals surface area contributed by atoms with Crippen molar-refractivity contribution in [3.05, 3.63) is 83.4 Å². The maximum absolute atomic E-state index is 13.2. The number of amides is 1. The summed E-state index contributed by atoms with van der Waals surface area (Å²) in [5.41, 5.74) is 3.20. The van der Waals surface area contributed by atoms with Gasteiger partial charge < -0.3 is 14.7 Å². The second-order valence-electron chi connectivity index (χ2n) is 11.8. The molecule has 1 fully saturated rings. The van der Waals surface area contributed by atoms with Gasteiger partial charge in [-0.1, -0.05) is 29.8 Å². The molecule has 2 unspecified atom stereocenters. The molecule has 5 rings (SSSR count). The van der Waals surface area contributed by atoms with E-state index in [0.29, 0.717) is 25.4 Å². The van der Waals surface area contributed by atoms with Crippen LogP contribution in [0.1, 0.15) is 60.5 Å². The van der Waals surface area contributed by atoms with E-state index < -0.39 is 27.3 Å². The van der Waals surface area contributed by atoms with Crippen LogP contribution in [0.15, 0.2) is 61.7 Å². The second-order valence-corrected chi connectivity index (χ2v) is 14.4. The quantitative estimate of drug-likeness (QED) is 0.375. The summed E-state index contributed by atoms with van der Waals surface area (Å²) in [6.45, 7) is 10.8. The molecule has 220 valence electrons. The predicted octanol–water partition coefficient (Wildman–Crippen LogP) is 5.41. The van der Waals surface area contributed by atoms with Gasteiger partial charge in [0.15, 0.2) is 0 Å². The number of hydrogen-bond donors (Lipinski definition) is 2. The molecule has 1 saturated carbocycles. The first-order valence-corrected chi connectivity index (χ1v) is 16.3. The van der Waals surface area contributed by atoms with E-state index in [-0.39, 0.29) is 29.2 Å². The molecule has 2 N–H and O–H groups in total. The number of sulfonamides is 1. The van der Waals surface area contributed by atoms with Gasteiger partial charge in [-0.2, -0.15) is 0 Å². The fraction of sp³-hybridized carbons (Fsp3) is 0.469. The highest BCUT2D eigenvalue weighted by Crippen LogP contribution is 2.46. The number of anilines is 1. The molecule has 2 aliphatic carbocycles. The third-order valence-corrected chi connectivity index (χ3v) is 11.1. The number of rotatable bonds is 9. The van der Waals surface area contributed by atoms with E-state index >= 15 is 0 Å². The lowest BCUT2D eigenvalue weighted by Crippen LogP contribution is -2.49. The molecule has 2 aromatic carbocycles. The number of carbonyl (C=O) groups is 1. The first kappa shape index (κ1) is 29.7. The summed E-state index contributed by atoms with van der Waals surface area (Å²) in [6.07, 6.45) is 7.64. The minimum Gasteiger partial charge on any atom is -0.490 e. The Labute approximate surface area is 248 Å². The summed E-state index contributed by atoms with van der Waals surface area (Å²) < 4.78 is 34.2. The van der Waals surface area contributed by atoms with E-state index in [0.717, 1.165) is 42.8 Å². The number of aliphatic hydroxyl groups is 1. The molecule has 41 heavy (non-hydrogen) atoms. The van der Waals surface area contributed by atoms with Crippen molar-refractivity contribution in [3.63, 3.8) is 0 Å². The average molecular weight is 599 g/mol. The lowest BCUT2D eigenvalue weighted by atomic mass is 9.68. The Morgan fingerprint density at radius 1 is 1.27 bits per heavy atom. The molecule has 0 radical (unpaired) electrons. The molecule has 0 aromatic heterocycles. The van der Waals surface area contributed by atoms with E-state index in [2.05, 4.69) is 34.9 Å². The number of aryl methyl sites for hydroxylation is 1. The third kappa shape index (κ3) is 5.92.